The summed E-state index contributed by atoms with van der Waals surface area (Å²) >= 11 is 0. The van der Waals surface area contributed by atoms with Gasteiger partial charge >= 0.3 is 24.4 Å². The highest BCUT2D eigenvalue weighted by Crippen LogP contribution is 2.23. The summed E-state index contributed by atoms with van der Waals surface area (Å²) in [6.07, 6.45) is -9.12. The van der Waals surface area contributed by atoms with Gasteiger partial charge in [0.25, 0.3) is 0 Å². The minimum atomic E-state index is -4.56. The summed E-state index contributed by atoms with van der Waals surface area (Å²) < 4.78 is 84.7. The summed E-state index contributed by atoms with van der Waals surface area (Å²) in [5.74, 6) is 0.328. The van der Waals surface area contributed by atoms with Gasteiger partial charge in [-0.3, -0.25) is 0 Å². The molecule has 18 heteroatoms. The van der Waals surface area contributed by atoms with E-state index in [1.54, 1.807) is 23.6 Å². The van der Waals surface area contributed by atoms with Gasteiger partial charge in [0.05, 0.1) is 0 Å². The van der Waals surface area contributed by atoms with E-state index in [9.17, 15) is 26.3 Å². The summed E-state index contributed by atoms with van der Waals surface area (Å²) in [6, 6.07) is -0.954. The Kier molecular flexibility index (Phi) is 8.57. The molecule has 0 bridgehead atoms. The molecular weight excluding hydrogens is 502 g/mol. The number of hydrogen-bond acceptors (Lipinski definition) is 12. The summed E-state index contributed by atoms with van der Waals surface area (Å²) in [5.41, 5.74) is 0. The maximum Gasteiger partial charge on any atom is 0.422 e. The van der Waals surface area contributed by atoms with Crippen LogP contribution in [0.2, 0.25) is 0 Å². The number of hydrogen-bond donors (Lipinski definition) is 2. The average Bonchev–Trinajstić information content (AvgIpc) is 2.81. The summed E-state index contributed by atoms with van der Waals surface area (Å²) in [5, 5.41) is 5.64. The molecule has 200 valence electrons. The number of rotatable bonds is 10. The molecule has 2 aromatic rings. The molecule has 1 aliphatic heterocycles. The van der Waals surface area contributed by atoms with Crippen LogP contribution in [0, 0.1) is 0 Å². The van der Waals surface area contributed by atoms with Crippen LogP contribution in [0.15, 0.2) is 0 Å². The molecule has 0 aromatic carbocycles. The van der Waals surface area contributed by atoms with Gasteiger partial charge in [-0.05, 0) is 13.8 Å². The van der Waals surface area contributed by atoms with E-state index in [0.717, 1.165) is 0 Å². The van der Waals surface area contributed by atoms with E-state index in [4.69, 9.17) is 0 Å². The third kappa shape index (κ3) is 8.26. The molecule has 0 spiro atoms. The molecule has 1 saturated heterocycles. The molecule has 36 heavy (non-hydrogen) atoms. The summed E-state index contributed by atoms with van der Waals surface area (Å²) in [4.78, 5) is 27.5. The van der Waals surface area contributed by atoms with Gasteiger partial charge in [0.1, 0.15) is 0 Å². The minimum absolute atomic E-state index is 0.0568. The topological polar surface area (TPSA) is 126 Å². The van der Waals surface area contributed by atoms with Crippen molar-refractivity contribution in [3.8, 4) is 12.0 Å². The van der Waals surface area contributed by atoms with Crippen LogP contribution >= 0.6 is 0 Å². The predicted molar refractivity (Wildman–Crippen MR) is 116 cm³/mol. The SMILES string of the molecule is CCNc1nc(OCC(F)(F)F)nc(N2CCN(c3nc(NCC)nc(OCC(F)(F)F)n3)CC2)n1. The quantitative estimate of drug-likeness (QED) is 0.441. The van der Waals surface area contributed by atoms with Crippen LogP contribution in [-0.2, 0) is 0 Å². The molecule has 0 radical (unpaired) electrons. The van der Waals surface area contributed by atoms with Crippen LogP contribution in [0.4, 0.5) is 50.1 Å². The molecule has 3 heterocycles. The number of piperazine rings is 1. The normalized spacial score (nSPS) is 14.6. The Morgan fingerprint density at radius 1 is 0.639 bits per heavy atom. The highest BCUT2D eigenvalue weighted by Gasteiger charge is 2.31. The molecule has 0 amide bonds. The molecule has 2 N–H and O–H groups in total. The van der Waals surface area contributed by atoms with E-state index in [2.05, 4.69) is 50.0 Å². The van der Waals surface area contributed by atoms with E-state index in [-0.39, 0.29) is 23.8 Å². The number of aromatic nitrogens is 6. The first kappa shape index (κ1) is 27.0. The number of nitrogens with one attached hydrogen (secondary N) is 2. The van der Waals surface area contributed by atoms with Crippen LogP contribution in [0.5, 0.6) is 12.0 Å². The van der Waals surface area contributed by atoms with Crippen molar-refractivity contribution in [3.05, 3.63) is 0 Å². The Bertz CT molecular complexity index is 922. The van der Waals surface area contributed by atoms with Crippen LogP contribution < -0.4 is 29.9 Å². The van der Waals surface area contributed by atoms with Crippen LogP contribution in [0.3, 0.4) is 0 Å². The first-order chi connectivity index (χ1) is 17.0. The first-order valence-corrected chi connectivity index (χ1v) is 10.8. The second kappa shape index (κ2) is 11.4. The van der Waals surface area contributed by atoms with Crippen molar-refractivity contribution in [1.29, 1.82) is 0 Å². The van der Waals surface area contributed by atoms with Crippen molar-refractivity contribution in [2.75, 3.05) is 72.9 Å². The van der Waals surface area contributed by atoms with Crippen molar-refractivity contribution in [2.45, 2.75) is 26.2 Å². The maximum atomic E-state index is 12.5. The number of anilines is 4. The fourth-order valence-electron chi connectivity index (χ4n) is 2.98. The Morgan fingerprint density at radius 2 is 1.00 bits per heavy atom. The number of nitrogens with zero attached hydrogens (tertiary/aromatic N) is 8. The van der Waals surface area contributed by atoms with Gasteiger partial charge in [0.2, 0.25) is 23.8 Å². The molecule has 12 nitrogen and oxygen atoms in total. The molecule has 0 atom stereocenters. The zero-order valence-corrected chi connectivity index (χ0v) is 19.3. The lowest BCUT2D eigenvalue weighted by Gasteiger charge is -2.34. The Hall–Kier alpha value is -3.60. The lowest BCUT2D eigenvalue weighted by Crippen LogP contribution is -2.48. The van der Waals surface area contributed by atoms with E-state index >= 15 is 0 Å². The van der Waals surface area contributed by atoms with Crippen LogP contribution in [0.25, 0.3) is 0 Å². The maximum absolute atomic E-state index is 12.5. The van der Waals surface area contributed by atoms with Crippen molar-refractivity contribution < 1.29 is 35.8 Å². The van der Waals surface area contributed by atoms with Gasteiger partial charge in [-0.15, -0.1) is 0 Å². The minimum Gasteiger partial charge on any atom is -0.454 e. The van der Waals surface area contributed by atoms with Crippen molar-refractivity contribution >= 4 is 23.8 Å². The standard InChI is InChI=1S/C18H24F6N10O2/c1-3-25-11-27-13(31-15(29-11)35-9-17(19,20)21)33-5-7-34(8-6-33)14-28-12(26-4-2)30-16(32-14)36-10-18(22,23)24/h3-10H2,1-2H3,(H,25,27,29,31)(H,26,28,30,32). The van der Waals surface area contributed by atoms with Gasteiger partial charge < -0.3 is 29.9 Å². The largest absolute Gasteiger partial charge is 0.454 e. The monoisotopic (exact) mass is 526 g/mol. The molecule has 0 unspecified atom stereocenters. The van der Waals surface area contributed by atoms with E-state index < -0.39 is 37.6 Å². The molecular formula is C18H24F6N10O2. The highest BCUT2D eigenvalue weighted by molar-refractivity contribution is 5.43. The highest BCUT2D eigenvalue weighted by atomic mass is 19.4. The van der Waals surface area contributed by atoms with Gasteiger partial charge in [-0.25, -0.2) is 0 Å². The van der Waals surface area contributed by atoms with Gasteiger partial charge in [-0.2, -0.15) is 56.2 Å². The average molecular weight is 526 g/mol. The molecule has 0 aliphatic carbocycles. The van der Waals surface area contributed by atoms with Gasteiger partial charge in [-0.1, -0.05) is 0 Å². The molecule has 2 aromatic heterocycles. The summed E-state index contributed by atoms with van der Waals surface area (Å²) in [6.45, 7) is 2.46. The lowest BCUT2D eigenvalue weighted by atomic mass is 10.3. The fraction of sp³-hybridized carbons (Fsp3) is 0.667. The zero-order valence-electron chi connectivity index (χ0n) is 19.3. The molecule has 1 fully saturated rings. The lowest BCUT2D eigenvalue weighted by molar-refractivity contribution is -0.155. The first-order valence-electron chi connectivity index (χ1n) is 10.8. The molecule has 1 aliphatic rings. The van der Waals surface area contributed by atoms with E-state index in [0.29, 0.717) is 39.3 Å². The smallest absolute Gasteiger partial charge is 0.422 e. The second-order valence-corrected chi connectivity index (χ2v) is 7.33. The van der Waals surface area contributed by atoms with Crippen molar-refractivity contribution in [3.63, 3.8) is 0 Å². The third-order valence-corrected chi connectivity index (χ3v) is 4.45. The van der Waals surface area contributed by atoms with Crippen LogP contribution in [0.1, 0.15) is 13.8 Å². The Morgan fingerprint density at radius 3 is 1.31 bits per heavy atom. The van der Waals surface area contributed by atoms with E-state index in [1.807, 2.05) is 0 Å². The van der Waals surface area contributed by atoms with Crippen molar-refractivity contribution in [1.82, 2.24) is 29.9 Å². The molecule has 0 saturated carbocycles. The van der Waals surface area contributed by atoms with E-state index in [1.165, 1.54) is 0 Å². The predicted octanol–water partition coefficient (Wildman–Crippen LogP) is 2.13. The fourth-order valence-corrected chi connectivity index (χ4v) is 2.98. The van der Waals surface area contributed by atoms with Gasteiger partial charge in [0.15, 0.2) is 13.2 Å². The third-order valence-electron chi connectivity index (χ3n) is 4.45. The molecule has 3 rings (SSSR count). The number of ether oxygens (including phenoxy) is 2. The van der Waals surface area contributed by atoms with Gasteiger partial charge in [0, 0.05) is 39.3 Å². The Balaban J connectivity index is 1.73. The second-order valence-electron chi connectivity index (χ2n) is 7.33. The summed E-state index contributed by atoms with van der Waals surface area (Å²) in [7, 11) is 0. The number of halogens is 6. The Labute approximate surface area is 201 Å². The number of alkyl halides is 6. The zero-order chi connectivity index (χ0) is 26.3. The van der Waals surface area contributed by atoms with Crippen LogP contribution in [-0.4, -0.2) is 94.7 Å². The van der Waals surface area contributed by atoms with Crippen molar-refractivity contribution in [2.24, 2.45) is 0 Å².